The number of furan rings is 1. The minimum atomic E-state index is 0.400. The molecule has 2 aromatic rings. The number of nitrogens with zero attached hydrogens (tertiary/aromatic N) is 2. The molecule has 0 aliphatic carbocycles. The smallest absolute Gasteiger partial charge is 0.169 e. The van der Waals surface area contributed by atoms with Crippen LogP contribution in [0.5, 0.6) is 0 Å². The fourth-order valence-corrected chi connectivity index (χ4v) is 1.37. The summed E-state index contributed by atoms with van der Waals surface area (Å²) in [4.78, 5) is 7.79. The SMILES string of the molecule is Clc1cc(-c2ccc(Br)o2)ncn1. The molecular weight excluding hydrogens is 255 g/mol. The van der Waals surface area contributed by atoms with E-state index in [9.17, 15) is 0 Å². The minimum Gasteiger partial charge on any atom is -0.448 e. The second-order valence-corrected chi connectivity index (χ2v) is 3.50. The Bertz CT molecular complexity index is 430. The third kappa shape index (κ3) is 1.89. The molecule has 2 aromatic heterocycles. The van der Waals surface area contributed by atoms with Crippen molar-refractivity contribution in [3.05, 3.63) is 34.3 Å². The average molecular weight is 259 g/mol. The Kier molecular flexibility index (Phi) is 2.33. The first-order chi connectivity index (χ1) is 6.25. The van der Waals surface area contributed by atoms with Crippen LogP contribution in [-0.2, 0) is 0 Å². The second-order valence-electron chi connectivity index (χ2n) is 2.33. The normalized spacial score (nSPS) is 10.3. The summed E-state index contributed by atoms with van der Waals surface area (Å²) in [5, 5.41) is 0.400. The van der Waals surface area contributed by atoms with Crippen LogP contribution >= 0.6 is 27.5 Å². The fourth-order valence-electron chi connectivity index (χ4n) is 0.920. The predicted octanol–water partition coefficient (Wildman–Crippen LogP) is 3.15. The van der Waals surface area contributed by atoms with Gasteiger partial charge in [-0.15, -0.1) is 0 Å². The van der Waals surface area contributed by atoms with E-state index in [2.05, 4.69) is 25.9 Å². The second kappa shape index (κ2) is 3.47. The zero-order valence-electron chi connectivity index (χ0n) is 6.37. The summed E-state index contributed by atoms with van der Waals surface area (Å²) in [5.41, 5.74) is 0.672. The molecule has 0 aliphatic heterocycles. The lowest BCUT2D eigenvalue weighted by atomic mass is 10.3. The van der Waals surface area contributed by atoms with E-state index < -0.39 is 0 Å². The van der Waals surface area contributed by atoms with Crippen LogP contribution < -0.4 is 0 Å². The molecule has 0 radical (unpaired) electrons. The van der Waals surface area contributed by atoms with Crippen molar-refractivity contribution in [1.82, 2.24) is 9.97 Å². The van der Waals surface area contributed by atoms with E-state index >= 15 is 0 Å². The van der Waals surface area contributed by atoms with Gasteiger partial charge in [-0.2, -0.15) is 0 Å². The molecule has 0 atom stereocenters. The summed E-state index contributed by atoms with van der Waals surface area (Å²) in [6, 6.07) is 5.25. The van der Waals surface area contributed by atoms with E-state index in [1.54, 1.807) is 12.1 Å². The Morgan fingerprint density at radius 1 is 1.31 bits per heavy atom. The fraction of sp³-hybridized carbons (Fsp3) is 0. The summed E-state index contributed by atoms with van der Waals surface area (Å²) in [6.07, 6.45) is 1.40. The number of hydrogen-bond acceptors (Lipinski definition) is 3. The minimum absolute atomic E-state index is 0.400. The molecule has 3 nitrogen and oxygen atoms in total. The van der Waals surface area contributed by atoms with Gasteiger partial charge in [-0.1, -0.05) is 11.6 Å². The van der Waals surface area contributed by atoms with Gasteiger partial charge in [-0.05, 0) is 28.1 Å². The molecule has 13 heavy (non-hydrogen) atoms. The van der Waals surface area contributed by atoms with Crippen molar-refractivity contribution in [3.63, 3.8) is 0 Å². The summed E-state index contributed by atoms with van der Waals surface area (Å²) in [5.74, 6) is 0.663. The molecule has 2 heterocycles. The van der Waals surface area contributed by atoms with Crippen molar-refractivity contribution < 1.29 is 4.42 Å². The summed E-state index contributed by atoms with van der Waals surface area (Å²) in [6.45, 7) is 0. The van der Waals surface area contributed by atoms with Crippen molar-refractivity contribution >= 4 is 27.5 Å². The van der Waals surface area contributed by atoms with Crippen molar-refractivity contribution in [3.8, 4) is 11.5 Å². The highest BCUT2D eigenvalue weighted by atomic mass is 79.9. The van der Waals surface area contributed by atoms with Crippen molar-refractivity contribution in [1.29, 1.82) is 0 Å². The molecule has 0 saturated heterocycles. The first-order valence-corrected chi connectivity index (χ1v) is 4.66. The van der Waals surface area contributed by atoms with Crippen LogP contribution in [-0.4, -0.2) is 9.97 Å². The highest BCUT2D eigenvalue weighted by Gasteiger charge is 2.04. The molecule has 66 valence electrons. The van der Waals surface area contributed by atoms with Crippen LogP contribution in [0.3, 0.4) is 0 Å². The van der Waals surface area contributed by atoms with Crippen LogP contribution in [0, 0.1) is 0 Å². The van der Waals surface area contributed by atoms with Gasteiger partial charge in [0, 0.05) is 6.07 Å². The van der Waals surface area contributed by atoms with Crippen molar-refractivity contribution in [2.45, 2.75) is 0 Å². The van der Waals surface area contributed by atoms with Crippen LogP contribution in [0.25, 0.3) is 11.5 Å². The van der Waals surface area contributed by atoms with E-state index in [1.807, 2.05) is 6.07 Å². The first kappa shape index (κ1) is 8.72. The lowest BCUT2D eigenvalue weighted by molar-refractivity contribution is 0.553. The molecule has 0 bridgehead atoms. The molecular formula is C8H4BrClN2O. The molecule has 0 N–H and O–H groups in total. The van der Waals surface area contributed by atoms with Crippen LogP contribution in [0.2, 0.25) is 5.15 Å². The third-order valence-corrected chi connectivity index (χ3v) is 2.09. The standard InChI is InChI=1S/C8H4BrClN2O/c9-7-2-1-6(13-7)5-3-8(10)12-4-11-5/h1-4H. The molecule has 2 rings (SSSR count). The van der Waals surface area contributed by atoms with E-state index in [4.69, 9.17) is 16.0 Å². The average Bonchev–Trinajstić information content (AvgIpc) is 2.52. The molecule has 0 aliphatic rings. The maximum absolute atomic E-state index is 5.70. The molecule has 0 spiro atoms. The van der Waals surface area contributed by atoms with Crippen molar-refractivity contribution in [2.75, 3.05) is 0 Å². The monoisotopic (exact) mass is 258 g/mol. The van der Waals surface area contributed by atoms with Crippen LogP contribution in [0.4, 0.5) is 0 Å². The topological polar surface area (TPSA) is 38.9 Å². The zero-order chi connectivity index (χ0) is 9.26. The van der Waals surface area contributed by atoms with Gasteiger partial charge >= 0.3 is 0 Å². The summed E-state index contributed by atoms with van der Waals surface area (Å²) in [7, 11) is 0. The van der Waals surface area contributed by atoms with Gasteiger partial charge in [-0.3, -0.25) is 0 Å². The van der Waals surface area contributed by atoms with Gasteiger partial charge in [0.05, 0.1) is 0 Å². The molecule has 0 saturated carbocycles. The maximum atomic E-state index is 5.70. The van der Waals surface area contributed by atoms with E-state index in [-0.39, 0.29) is 0 Å². The van der Waals surface area contributed by atoms with Gasteiger partial charge in [-0.25, -0.2) is 9.97 Å². The Morgan fingerprint density at radius 2 is 2.15 bits per heavy atom. The van der Waals surface area contributed by atoms with Gasteiger partial charge < -0.3 is 4.42 Å². The Labute approximate surface area is 87.9 Å². The lowest BCUT2D eigenvalue weighted by Crippen LogP contribution is -1.82. The van der Waals surface area contributed by atoms with Gasteiger partial charge in [0.1, 0.15) is 17.2 Å². The number of rotatable bonds is 1. The third-order valence-electron chi connectivity index (χ3n) is 1.46. The summed E-state index contributed by atoms with van der Waals surface area (Å²) >= 11 is 8.90. The quantitative estimate of drug-likeness (QED) is 0.739. The van der Waals surface area contributed by atoms with Crippen LogP contribution in [0.1, 0.15) is 0 Å². The number of hydrogen-bond donors (Lipinski definition) is 0. The number of halogens is 2. The molecule has 0 aromatic carbocycles. The Morgan fingerprint density at radius 3 is 2.77 bits per heavy atom. The van der Waals surface area contributed by atoms with E-state index in [1.165, 1.54) is 6.33 Å². The Hall–Kier alpha value is -0.870. The molecule has 5 heteroatoms. The first-order valence-electron chi connectivity index (χ1n) is 3.49. The van der Waals surface area contributed by atoms with E-state index in [0.29, 0.717) is 21.3 Å². The predicted molar refractivity (Wildman–Crippen MR) is 52.4 cm³/mol. The number of aromatic nitrogens is 2. The zero-order valence-corrected chi connectivity index (χ0v) is 8.71. The molecule has 0 unspecified atom stereocenters. The highest BCUT2D eigenvalue weighted by molar-refractivity contribution is 9.10. The van der Waals surface area contributed by atoms with Crippen LogP contribution in [0.15, 0.2) is 33.6 Å². The van der Waals surface area contributed by atoms with Gasteiger partial charge in [0.15, 0.2) is 10.4 Å². The van der Waals surface area contributed by atoms with E-state index in [0.717, 1.165) is 0 Å². The summed E-state index contributed by atoms with van der Waals surface area (Å²) < 4.78 is 5.96. The van der Waals surface area contributed by atoms with Gasteiger partial charge in [0.2, 0.25) is 0 Å². The largest absolute Gasteiger partial charge is 0.448 e. The molecule has 0 fully saturated rings. The van der Waals surface area contributed by atoms with Crippen molar-refractivity contribution in [2.24, 2.45) is 0 Å². The molecule has 0 amide bonds. The maximum Gasteiger partial charge on any atom is 0.169 e. The van der Waals surface area contributed by atoms with Gasteiger partial charge in [0.25, 0.3) is 0 Å². The highest BCUT2D eigenvalue weighted by Crippen LogP contribution is 2.23. The lowest BCUT2D eigenvalue weighted by Gasteiger charge is -1.94. The Balaban J connectivity index is 2.46.